The molecule has 30 heavy (non-hydrogen) atoms. The van der Waals surface area contributed by atoms with Crippen LogP contribution in [0.2, 0.25) is 28.3 Å². The fraction of sp³-hybridized carbons (Fsp3) is 0.667. The van der Waals surface area contributed by atoms with Crippen LogP contribution in [0.25, 0.3) is 5.65 Å². The molecule has 0 amide bonds. The lowest BCUT2D eigenvalue weighted by molar-refractivity contribution is -0.191. The van der Waals surface area contributed by atoms with Crippen LogP contribution in [0.4, 0.5) is 0 Å². The fourth-order valence-electron chi connectivity index (χ4n) is 3.84. The Morgan fingerprint density at radius 3 is 2.50 bits per heavy atom. The molecule has 2 saturated heterocycles. The Kier molecular flexibility index (Phi) is 5.58. The third-order valence-corrected chi connectivity index (χ3v) is 11.4. The van der Waals surface area contributed by atoms with Gasteiger partial charge in [0.2, 0.25) is 0 Å². The summed E-state index contributed by atoms with van der Waals surface area (Å²) in [5.74, 6) is -0.709. The van der Waals surface area contributed by atoms with Crippen LogP contribution in [-0.4, -0.2) is 48.4 Å². The third kappa shape index (κ3) is 3.94. The first-order valence-corrected chi connectivity index (χ1v) is 13.9. The average Bonchev–Trinajstić information content (AvgIpc) is 3.22. The number of nitrogens with zero attached hydrogens (tertiary/aromatic N) is 2. The highest BCUT2D eigenvalue weighted by molar-refractivity contribution is 6.74. The van der Waals surface area contributed by atoms with Gasteiger partial charge in [-0.3, -0.25) is 4.40 Å². The van der Waals surface area contributed by atoms with Gasteiger partial charge < -0.3 is 18.6 Å². The maximum Gasteiger partial charge on any atom is 0.192 e. The second-order valence-corrected chi connectivity index (χ2v) is 15.7. The lowest BCUT2D eigenvalue weighted by Gasteiger charge is -2.37. The van der Waals surface area contributed by atoms with Crippen molar-refractivity contribution >= 4 is 37.2 Å². The van der Waals surface area contributed by atoms with Crippen LogP contribution < -0.4 is 0 Å². The minimum absolute atomic E-state index is 0.110. The van der Waals surface area contributed by atoms with Gasteiger partial charge in [-0.15, -0.1) is 0 Å². The minimum atomic E-state index is -1.94. The molecule has 2 aromatic heterocycles. The number of aromatic nitrogens is 2. The monoisotopic (exact) mass is 472 g/mol. The Hall–Kier alpha value is -0.673. The van der Waals surface area contributed by atoms with E-state index in [2.05, 4.69) is 38.8 Å². The second kappa shape index (κ2) is 7.44. The van der Waals surface area contributed by atoms with Gasteiger partial charge in [0.15, 0.2) is 14.1 Å². The minimum Gasteiger partial charge on any atom is -0.414 e. The van der Waals surface area contributed by atoms with Crippen molar-refractivity contribution in [2.75, 3.05) is 6.61 Å². The van der Waals surface area contributed by atoms with Crippen LogP contribution in [0.5, 0.6) is 0 Å². The van der Waals surface area contributed by atoms with Crippen molar-refractivity contribution in [3.8, 4) is 0 Å². The number of pyridine rings is 1. The zero-order valence-electron chi connectivity index (χ0n) is 18.5. The first kappa shape index (κ1) is 22.5. The summed E-state index contributed by atoms with van der Waals surface area (Å²) >= 11 is 12.8. The topological polar surface area (TPSA) is 54.2 Å². The van der Waals surface area contributed by atoms with E-state index >= 15 is 0 Å². The molecule has 166 valence electrons. The molecule has 0 saturated carbocycles. The number of fused-ring (bicyclic) bond motifs is 2. The van der Waals surface area contributed by atoms with Gasteiger partial charge in [0.05, 0.1) is 17.3 Å². The number of ether oxygens (including phenoxy) is 3. The van der Waals surface area contributed by atoms with E-state index < -0.39 is 20.2 Å². The second-order valence-electron chi connectivity index (χ2n) is 10.1. The van der Waals surface area contributed by atoms with Crippen LogP contribution in [0.3, 0.4) is 0 Å². The molecule has 0 aliphatic carbocycles. The van der Waals surface area contributed by atoms with E-state index in [1.807, 2.05) is 30.4 Å². The predicted octanol–water partition coefficient (Wildman–Crippen LogP) is 5.62. The molecular weight excluding hydrogens is 443 g/mol. The van der Waals surface area contributed by atoms with E-state index in [1.165, 1.54) is 0 Å². The molecule has 2 fully saturated rings. The Morgan fingerprint density at radius 2 is 1.83 bits per heavy atom. The number of rotatable bonds is 4. The zero-order chi connectivity index (χ0) is 22.1. The molecule has 2 aliphatic rings. The molecule has 0 radical (unpaired) electrons. The molecule has 0 spiro atoms. The normalized spacial score (nSPS) is 29.0. The van der Waals surface area contributed by atoms with Crippen LogP contribution in [0.15, 0.2) is 18.3 Å². The van der Waals surface area contributed by atoms with Gasteiger partial charge in [0.25, 0.3) is 0 Å². The van der Waals surface area contributed by atoms with E-state index in [9.17, 15) is 0 Å². The maximum atomic E-state index is 6.62. The highest BCUT2D eigenvalue weighted by atomic mass is 35.5. The highest BCUT2D eigenvalue weighted by Gasteiger charge is 2.57. The Bertz CT molecular complexity index is 956. The lowest BCUT2D eigenvalue weighted by Crippen LogP contribution is -2.44. The van der Waals surface area contributed by atoms with Gasteiger partial charge in [-0.1, -0.05) is 44.0 Å². The van der Waals surface area contributed by atoms with E-state index in [0.717, 1.165) is 5.69 Å². The van der Waals surface area contributed by atoms with Crippen molar-refractivity contribution in [2.45, 2.75) is 83.0 Å². The SMILES string of the molecule is CC1(C)O[C@@H]2[C@H](O1)[C@@H](CO[Si](C)(C)C(C)(C)C)O[C@@H]2c1c(Cl)ccc2nc(Cl)cn12. The molecule has 2 aromatic rings. The molecule has 4 atom stereocenters. The standard InChI is InChI=1S/C21H30Cl2N2O4Si/c1-20(2,3)30(6,7)26-11-13-17-19(29-21(4,5)28-17)18(27-13)16-12(22)8-9-15-24-14(23)10-25(15)16/h8-10,13,17-19H,11H2,1-7H3/t13-,17-,18-,19-/m1/s1. The molecule has 6 nitrogen and oxygen atoms in total. The highest BCUT2D eigenvalue weighted by Crippen LogP contribution is 2.47. The molecule has 0 N–H and O–H groups in total. The number of imidazole rings is 1. The summed E-state index contributed by atoms with van der Waals surface area (Å²) in [6.07, 6.45) is 0.501. The third-order valence-electron chi connectivity index (χ3n) is 6.42. The van der Waals surface area contributed by atoms with Crippen molar-refractivity contribution < 1.29 is 18.6 Å². The van der Waals surface area contributed by atoms with Crippen LogP contribution in [0.1, 0.15) is 46.4 Å². The van der Waals surface area contributed by atoms with Crippen LogP contribution in [-0.2, 0) is 18.6 Å². The Balaban J connectivity index is 1.67. The largest absolute Gasteiger partial charge is 0.414 e. The first-order valence-electron chi connectivity index (χ1n) is 10.3. The smallest absolute Gasteiger partial charge is 0.192 e. The summed E-state index contributed by atoms with van der Waals surface area (Å²) in [4.78, 5) is 4.34. The van der Waals surface area contributed by atoms with Gasteiger partial charge >= 0.3 is 0 Å². The summed E-state index contributed by atoms with van der Waals surface area (Å²) in [5.41, 5.74) is 1.47. The summed E-state index contributed by atoms with van der Waals surface area (Å²) < 4.78 is 27.3. The summed E-state index contributed by atoms with van der Waals surface area (Å²) in [6.45, 7) is 15.4. The fourth-order valence-corrected chi connectivity index (χ4v) is 5.30. The van der Waals surface area contributed by atoms with Crippen LogP contribution in [0, 0.1) is 0 Å². The zero-order valence-corrected chi connectivity index (χ0v) is 21.0. The van der Waals surface area contributed by atoms with Gasteiger partial charge in [0, 0.05) is 6.20 Å². The first-order chi connectivity index (χ1) is 13.8. The van der Waals surface area contributed by atoms with Gasteiger partial charge in [-0.2, -0.15) is 0 Å². The molecule has 0 aromatic carbocycles. The van der Waals surface area contributed by atoms with Gasteiger partial charge in [-0.05, 0) is 44.1 Å². The van der Waals surface area contributed by atoms with E-state index in [4.69, 9.17) is 41.8 Å². The molecule has 4 rings (SSSR count). The van der Waals surface area contributed by atoms with E-state index in [0.29, 0.717) is 22.4 Å². The van der Waals surface area contributed by atoms with Crippen molar-refractivity contribution in [3.63, 3.8) is 0 Å². The molecule has 9 heteroatoms. The predicted molar refractivity (Wildman–Crippen MR) is 120 cm³/mol. The van der Waals surface area contributed by atoms with Gasteiger partial charge in [0.1, 0.15) is 35.2 Å². The summed E-state index contributed by atoms with van der Waals surface area (Å²) in [7, 11) is -1.94. The average molecular weight is 473 g/mol. The van der Waals surface area contributed by atoms with Crippen molar-refractivity contribution in [3.05, 3.63) is 34.2 Å². The molecular formula is C21H30Cl2N2O4Si. The molecule has 0 bridgehead atoms. The number of hydrogen-bond acceptors (Lipinski definition) is 5. The van der Waals surface area contributed by atoms with Gasteiger partial charge in [-0.25, -0.2) is 4.98 Å². The number of hydrogen-bond donors (Lipinski definition) is 0. The van der Waals surface area contributed by atoms with E-state index in [-0.39, 0.29) is 23.4 Å². The van der Waals surface area contributed by atoms with Crippen molar-refractivity contribution in [2.24, 2.45) is 0 Å². The number of halogens is 2. The Morgan fingerprint density at radius 1 is 1.17 bits per heavy atom. The van der Waals surface area contributed by atoms with Crippen LogP contribution >= 0.6 is 23.2 Å². The van der Waals surface area contributed by atoms with Crippen molar-refractivity contribution in [1.29, 1.82) is 0 Å². The molecule has 4 heterocycles. The quantitative estimate of drug-likeness (QED) is 0.540. The van der Waals surface area contributed by atoms with E-state index in [1.54, 1.807) is 6.20 Å². The lowest BCUT2D eigenvalue weighted by atomic mass is 10.1. The Labute approximate surface area is 188 Å². The summed E-state index contributed by atoms with van der Waals surface area (Å²) in [6, 6.07) is 3.65. The van der Waals surface area contributed by atoms with Crippen molar-refractivity contribution in [1.82, 2.24) is 9.38 Å². The molecule has 2 aliphatic heterocycles. The maximum absolute atomic E-state index is 6.62. The molecule has 0 unspecified atom stereocenters. The summed E-state index contributed by atoms with van der Waals surface area (Å²) in [5, 5.41) is 1.08.